The van der Waals surface area contributed by atoms with Crippen LogP contribution in [0.3, 0.4) is 0 Å². The average molecular weight is 282 g/mol. The van der Waals surface area contributed by atoms with Crippen molar-refractivity contribution in [3.8, 4) is 0 Å². The number of hydrogen-bond acceptors (Lipinski definition) is 4. The SMILES string of the molecule is CCc1nn(CC(N)=O)c(=O)n1CC(O)C(F)(F)F. The fourth-order valence-corrected chi connectivity index (χ4v) is 1.46. The first-order valence-electron chi connectivity index (χ1n) is 5.36. The van der Waals surface area contributed by atoms with Gasteiger partial charge in [0, 0.05) is 6.42 Å². The molecule has 1 rings (SSSR count). The molecule has 0 radical (unpaired) electrons. The van der Waals surface area contributed by atoms with Gasteiger partial charge in [-0.25, -0.2) is 9.48 Å². The quantitative estimate of drug-likeness (QED) is 0.724. The third-order valence-corrected chi connectivity index (χ3v) is 2.35. The Morgan fingerprint density at radius 1 is 1.53 bits per heavy atom. The number of primary amides is 1. The zero-order valence-electron chi connectivity index (χ0n) is 10.0. The van der Waals surface area contributed by atoms with Crippen LogP contribution in [0.15, 0.2) is 4.79 Å². The van der Waals surface area contributed by atoms with E-state index in [1.807, 2.05) is 0 Å². The molecule has 1 amide bonds. The fourth-order valence-electron chi connectivity index (χ4n) is 1.46. The molecule has 0 saturated heterocycles. The molecule has 1 atom stereocenters. The van der Waals surface area contributed by atoms with E-state index >= 15 is 0 Å². The van der Waals surface area contributed by atoms with E-state index < -0.39 is 37.0 Å². The lowest BCUT2D eigenvalue weighted by Gasteiger charge is -2.14. The number of nitrogens with two attached hydrogens (primary N) is 1. The topological polar surface area (TPSA) is 103 Å². The molecule has 1 aromatic heterocycles. The summed E-state index contributed by atoms with van der Waals surface area (Å²) in [6, 6.07) is 0. The van der Waals surface area contributed by atoms with Crippen LogP contribution in [0.4, 0.5) is 13.2 Å². The molecule has 0 aliphatic rings. The summed E-state index contributed by atoms with van der Waals surface area (Å²) < 4.78 is 38.1. The number of aliphatic hydroxyl groups excluding tert-OH is 1. The van der Waals surface area contributed by atoms with Gasteiger partial charge < -0.3 is 10.8 Å². The Bertz CT molecular complexity index is 520. The molecule has 1 unspecified atom stereocenters. The minimum absolute atomic E-state index is 0.0366. The molecule has 0 aromatic carbocycles. The number of aryl methyl sites for hydroxylation is 1. The summed E-state index contributed by atoms with van der Waals surface area (Å²) in [6.45, 7) is 0.0814. The lowest BCUT2D eigenvalue weighted by molar-refractivity contribution is -0.207. The third kappa shape index (κ3) is 3.56. The first-order valence-corrected chi connectivity index (χ1v) is 5.36. The van der Waals surface area contributed by atoms with Crippen LogP contribution in [0.25, 0.3) is 0 Å². The number of nitrogens with zero attached hydrogens (tertiary/aromatic N) is 3. The summed E-state index contributed by atoms with van der Waals surface area (Å²) >= 11 is 0. The van der Waals surface area contributed by atoms with E-state index in [1.165, 1.54) is 0 Å². The largest absolute Gasteiger partial charge is 0.416 e. The molecule has 0 fully saturated rings. The predicted octanol–water partition coefficient (Wildman–Crippen LogP) is -0.984. The van der Waals surface area contributed by atoms with E-state index in [2.05, 4.69) is 5.10 Å². The molecule has 0 spiro atoms. The Morgan fingerprint density at radius 2 is 2.11 bits per heavy atom. The molecule has 19 heavy (non-hydrogen) atoms. The van der Waals surface area contributed by atoms with Crippen molar-refractivity contribution in [2.75, 3.05) is 0 Å². The van der Waals surface area contributed by atoms with Crippen LogP contribution < -0.4 is 11.4 Å². The van der Waals surface area contributed by atoms with Gasteiger partial charge in [0.15, 0.2) is 6.10 Å². The highest BCUT2D eigenvalue weighted by molar-refractivity contribution is 5.73. The standard InChI is InChI=1S/C9H13F3N4O3/c1-2-7-14-16(4-6(13)18)8(19)15(7)3-5(17)9(10,11)12/h5,17H,2-4H2,1H3,(H2,13,18). The maximum atomic E-state index is 12.3. The van der Waals surface area contributed by atoms with Gasteiger partial charge in [-0.1, -0.05) is 6.92 Å². The molecule has 1 heterocycles. The van der Waals surface area contributed by atoms with Crippen LogP contribution in [-0.2, 0) is 24.3 Å². The first-order chi connectivity index (χ1) is 8.66. The average Bonchev–Trinajstić information content (AvgIpc) is 2.55. The van der Waals surface area contributed by atoms with Crippen LogP contribution in [0.2, 0.25) is 0 Å². The predicted molar refractivity (Wildman–Crippen MR) is 57.1 cm³/mol. The number of rotatable bonds is 5. The summed E-state index contributed by atoms with van der Waals surface area (Å²) in [7, 11) is 0. The van der Waals surface area contributed by atoms with Crippen LogP contribution in [0.1, 0.15) is 12.7 Å². The highest BCUT2D eigenvalue weighted by atomic mass is 19.4. The normalized spacial score (nSPS) is 13.5. The minimum Gasteiger partial charge on any atom is -0.382 e. The second kappa shape index (κ2) is 5.43. The van der Waals surface area contributed by atoms with Crippen molar-refractivity contribution < 1.29 is 23.1 Å². The molecule has 0 aliphatic heterocycles. The van der Waals surface area contributed by atoms with E-state index in [4.69, 9.17) is 10.8 Å². The summed E-state index contributed by atoms with van der Waals surface area (Å²) in [6.07, 6.45) is -7.34. The van der Waals surface area contributed by atoms with Crippen molar-refractivity contribution >= 4 is 5.91 Å². The van der Waals surface area contributed by atoms with Gasteiger partial charge in [0.1, 0.15) is 12.4 Å². The van der Waals surface area contributed by atoms with Gasteiger partial charge in [-0.05, 0) is 0 Å². The number of alkyl halides is 3. The van der Waals surface area contributed by atoms with Gasteiger partial charge in [-0.3, -0.25) is 9.36 Å². The molecule has 0 saturated carbocycles. The summed E-state index contributed by atoms with van der Waals surface area (Å²) in [5, 5.41) is 12.7. The smallest absolute Gasteiger partial charge is 0.382 e. The zero-order valence-corrected chi connectivity index (χ0v) is 10.0. The number of carbonyl (C=O) groups excluding carboxylic acids is 1. The van der Waals surface area contributed by atoms with E-state index in [9.17, 15) is 22.8 Å². The van der Waals surface area contributed by atoms with Crippen LogP contribution >= 0.6 is 0 Å². The molecular weight excluding hydrogens is 269 g/mol. The van der Waals surface area contributed by atoms with Crippen molar-refractivity contribution in [1.82, 2.24) is 14.3 Å². The molecule has 0 bridgehead atoms. The van der Waals surface area contributed by atoms with E-state index in [-0.39, 0.29) is 12.2 Å². The Morgan fingerprint density at radius 3 is 2.53 bits per heavy atom. The molecule has 10 heteroatoms. The second-order valence-corrected chi connectivity index (χ2v) is 3.84. The number of carbonyl (C=O) groups is 1. The lowest BCUT2D eigenvalue weighted by Crippen LogP contribution is -2.38. The molecule has 7 nitrogen and oxygen atoms in total. The van der Waals surface area contributed by atoms with Gasteiger partial charge in [-0.2, -0.15) is 18.3 Å². The van der Waals surface area contributed by atoms with Crippen molar-refractivity contribution in [2.24, 2.45) is 5.73 Å². The Hall–Kier alpha value is -1.84. The number of amides is 1. The first kappa shape index (κ1) is 15.2. The minimum atomic E-state index is -4.84. The van der Waals surface area contributed by atoms with Crippen LogP contribution in [0.5, 0.6) is 0 Å². The molecule has 1 aromatic rings. The lowest BCUT2D eigenvalue weighted by atomic mass is 10.3. The van der Waals surface area contributed by atoms with Crippen molar-refractivity contribution in [1.29, 1.82) is 0 Å². The number of hydrogen-bond donors (Lipinski definition) is 2. The van der Waals surface area contributed by atoms with Crippen LogP contribution in [0, 0.1) is 0 Å². The maximum absolute atomic E-state index is 12.3. The van der Waals surface area contributed by atoms with Crippen molar-refractivity contribution in [2.45, 2.75) is 38.7 Å². The number of aliphatic hydroxyl groups is 1. The highest BCUT2D eigenvalue weighted by Crippen LogP contribution is 2.21. The fraction of sp³-hybridized carbons (Fsp3) is 0.667. The van der Waals surface area contributed by atoms with Crippen LogP contribution in [-0.4, -0.2) is 37.6 Å². The Labute approximate surface area is 105 Å². The second-order valence-electron chi connectivity index (χ2n) is 3.84. The molecule has 108 valence electrons. The maximum Gasteiger partial charge on any atom is 0.416 e. The number of halogens is 3. The van der Waals surface area contributed by atoms with Crippen molar-refractivity contribution in [3.05, 3.63) is 16.3 Å². The third-order valence-electron chi connectivity index (χ3n) is 2.35. The Kier molecular flexibility index (Phi) is 4.35. The van der Waals surface area contributed by atoms with E-state index in [1.54, 1.807) is 6.92 Å². The monoisotopic (exact) mass is 282 g/mol. The highest BCUT2D eigenvalue weighted by Gasteiger charge is 2.39. The van der Waals surface area contributed by atoms with E-state index in [0.717, 1.165) is 0 Å². The van der Waals surface area contributed by atoms with Crippen molar-refractivity contribution in [3.63, 3.8) is 0 Å². The van der Waals surface area contributed by atoms with Gasteiger partial charge in [0.05, 0.1) is 6.54 Å². The van der Waals surface area contributed by atoms with E-state index in [0.29, 0.717) is 9.25 Å². The van der Waals surface area contributed by atoms with Gasteiger partial charge in [0.25, 0.3) is 0 Å². The number of aromatic nitrogens is 3. The summed E-state index contributed by atoms with van der Waals surface area (Å²) in [5.74, 6) is -0.805. The zero-order chi connectivity index (χ0) is 14.8. The Balaban J connectivity index is 3.10. The van der Waals surface area contributed by atoms with Gasteiger partial charge in [0.2, 0.25) is 5.91 Å². The molecule has 3 N–H and O–H groups in total. The summed E-state index contributed by atoms with van der Waals surface area (Å²) in [5.41, 5.74) is 3.97. The molecular formula is C9H13F3N4O3. The summed E-state index contributed by atoms with van der Waals surface area (Å²) in [4.78, 5) is 22.4. The van der Waals surface area contributed by atoms with Gasteiger partial charge >= 0.3 is 11.9 Å². The van der Waals surface area contributed by atoms with Gasteiger partial charge in [-0.15, -0.1) is 0 Å². The molecule has 0 aliphatic carbocycles.